The number of hydrogen-bond acceptors (Lipinski definition) is 4. The van der Waals surface area contributed by atoms with Gasteiger partial charge in [-0.05, 0) is 53.8 Å². The van der Waals surface area contributed by atoms with Crippen LogP contribution in [0.4, 0.5) is 8.78 Å². The number of nitrogens with zero attached hydrogens (tertiary/aromatic N) is 1. The molecule has 4 nitrogen and oxygen atoms in total. The molecule has 0 saturated heterocycles. The summed E-state index contributed by atoms with van der Waals surface area (Å²) in [6, 6.07) is 16.6. The number of benzene rings is 2. The van der Waals surface area contributed by atoms with Crippen molar-refractivity contribution in [2.24, 2.45) is 0 Å². The van der Waals surface area contributed by atoms with E-state index in [0.717, 1.165) is 42.9 Å². The van der Waals surface area contributed by atoms with Crippen molar-refractivity contribution in [2.45, 2.75) is 44.3 Å². The third-order valence-corrected chi connectivity index (χ3v) is 7.59. The fraction of sp³-hybridized carbons (Fsp3) is 0.346. The number of fused-ring (bicyclic) bond motifs is 1. The van der Waals surface area contributed by atoms with Crippen molar-refractivity contribution >= 4 is 17.3 Å². The van der Waals surface area contributed by atoms with Crippen molar-refractivity contribution in [1.82, 2.24) is 4.90 Å². The first kappa shape index (κ1) is 22.0. The molecule has 3 aromatic rings. The number of thiophene rings is 1. The zero-order chi connectivity index (χ0) is 23.0. The van der Waals surface area contributed by atoms with Crippen LogP contribution in [0, 0.1) is 0 Å². The lowest BCUT2D eigenvalue weighted by atomic mass is 10.0. The van der Waals surface area contributed by atoms with Crippen molar-refractivity contribution in [2.75, 3.05) is 13.1 Å². The normalized spacial score (nSPS) is 17.4. The number of alkyl halides is 2. The lowest BCUT2D eigenvalue weighted by Crippen LogP contribution is -2.29. The summed E-state index contributed by atoms with van der Waals surface area (Å²) in [6.07, 6.45) is 0.505. The molecule has 1 fully saturated rings. The molecule has 0 radical (unpaired) electrons. The predicted molar refractivity (Wildman–Crippen MR) is 124 cm³/mol. The lowest BCUT2D eigenvalue weighted by Gasteiger charge is -2.18. The molecule has 2 aliphatic rings. The molecule has 7 heteroatoms. The molecule has 0 unspecified atom stereocenters. The van der Waals surface area contributed by atoms with Crippen molar-refractivity contribution in [3.05, 3.63) is 76.2 Å². The molecule has 5 rings (SSSR count). The average molecular weight is 470 g/mol. The molecular weight excluding hydrogens is 444 g/mol. The van der Waals surface area contributed by atoms with E-state index in [4.69, 9.17) is 4.74 Å². The van der Waals surface area contributed by atoms with Crippen LogP contribution in [0.2, 0.25) is 0 Å². The van der Waals surface area contributed by atoms with E-state index < -0.39 is 18.0 Å². The van der Waals surface area contributed by atoms with Gasteiger partial charge in [-0.2, -0.15) is 0 Å². The first-order valence-corrected chi connectivity index (χ1v) is 12.0. The zero-order valence-electron chi connectivity index (χ0n) is 18.1. The van der Waals surface area contributed by atoms with E-state index in [2.05, 4.69) is 23.1 Å². The Hall–Kier alpha value is -2.77. The largest absolute Gasteiger partial charge is 0.478 e. The Kier molecular flexibility index (Phi) is 5.93. The van der Waals surface area contributed by atoms with Gasteiger partial charge < -0.3 is 9.84 Å². The summed E-state index contributed by atoms with van der Waals surface area (Å²) in [5.74, 6) is -0.244. The molecule has 1 aliphatic heterocycles. The number of rotatable bonds is 7. The van der Waals surface area contributed by atoms with Gasteiger partial charge in [-0.15, -0.1) is 11.3 Å². The molecule has 0 amide bonds. The maximum absolute atomic E-state index is 12.8. The minimum absolute atomic E-state index is 0.0449. The molecule has 0 bridgehead atoms. The molecule has 2 aromatic carbocycles. The summed E-state index contributed by atoms with van der Waals surface area (Å²) in [5, 5.41) is 9.37. The van der Waals surface area contributed by atoms with Crippen LogP contribution in [0.3, 0.4) is 0 Å². The summed E-state index contributed by atoms with van der Waals surface area (Å²) in [6.45, 7) is 2.71. The van der Waals surface area contributed by atoms with Crippen LogP contribution in [0.25, 0.3) is 10.4 Å². The second kappa shape index (κ2) is 8.88. The van der Waals surface area contributed by atoms with Crippen molar-refractivity contribution in [3.63, 3.8) is 0 Å². The molecule has 0 spiro atoms. The number of aliphatic carboxylic acids is 1. The summed E-state index contributed by atoms with van der Waals surface area (Å²) in [4.78, 5) is 16.2. The molecule has 1 N–H and O–H groups in total. The van der Waals surface area contributed by atoms with Gasteiger partial charge in [0.25, 0.3) is 6.43 Å². The predicted octanol–water partition coefficient (Wildman–Crippen LogP) is 5.95. The van der Waals surface area contributed by atoms with Crippen LogP contribution in [0.15, 0.2) is 54.6 Å². The van der Waals surface area contributed by atoms with E-state index in [9.17, 15) is 18.7 Å². The van der Waals surface area contributed by atoms with E-state index >= 15 is 0 Å². The smallest absolute Gasteiger partial charge is 0.348 e. The van der Waals surface area contributed by atoms with Gasteiger partial charge in [-0.1, -0.05) is 30.3 Å². The fourth-order valence-corrected chi connectivity index (χ4v) is 5.36. The van der Waals surface area contributed by atoms with E-state index in [0.29, 0.717) is 18.6 Å². The summed E-state index contributed by atoms with van der Waals surface area (Å²) in [5.41, 5.74) is 2.49. The topological polar surface area (TPSA) is 49.8 Å². The first-order chi connectivity index (χ1) is 15.9. The average Bonchev–Trinajstić information content (AvgIpc) is 3.50. The maximum Gasteiger partial charge on any atom is 0.348 e. The highest BCUT2D eigenvalue weighted by Gasteiger charge is 2.53. The van der Waals surface area contributed by atoms with E-state index in [-0.39, 0.29) is 5.56 Å². The van der Waals surface area contributed by atoms with E-state index in [1.165, 1.54) is 28.1 Å². The van der Waals surface area contributed by atoms with Crippen LogP contribution < -0.4 is 4.74 Å². The number of carbonyl (C=O) groups is 1. The van der Waals surface area contributed by atoms with Crippen molar-refractivity contribution in [3.8, 4) is 16.2 Å². The minimum Gasteiger partial charge on any atom is -0.478 e. The van der Waals surface area contributed by atoms with Gasteiger partial charge in [-0.25, -0.2) is 13.6 Å². The van der Waals surface area contributed by atoms with Crippen molar-refractivity contribution in [1.29, 1.82) is 0 Å². The minimum atomic E-state index is -2.44. The maximum atomic E-state index is 12.8. The summed E-state index contributed by atoms with van der Waals surface area (Å²) < 4.78 is 31.4. The highest BCUT2D eigenvalue weighted by Crippen LogP contribution is 2.41. The molecule has 1 saturated carbocycles. The molecule has 33 heavy (non-hydrogen) atoms. The molecule has 1 aromatic heterocycles. The first-order valence-electron chi connectivity index (χ1n) is 11.2. The summed E-state index contributed by atoms with van der Waals surface area (Å²) >= 11 is 1.70. The van der Waals surface area contributed by atoms with Gasteiger partial charge in [0.15, 0.2) is 0 Å². The molecule has 0 atom stereocenters. The number of halogens is 2. The number of hydrogen-bond donors (Lipinski definition) is 1. The van der Waals surface area contributed by atoms with E-state index in [1.807, 2.05) is 12.1 Å². The third-order valence-electron chi connectivity index (χ3n) is 6.47. The van der Waals surface area contributed by atoms with Gasteiger partial charge in [0.05, 0.1) is 0 Å². The van der Waals surface area contributed by atoms with Crippen LogP contribution in [-0.4, -0.2) is 34.7 Å². The van der Waals surface area contributed by atoms with Gasteiger partial charge in [0.2, 0.25) is 5.60 Å². The van der Waals surface area contributed by atoms with Gasteiger partial charge in [0, 0.05) is 47.8 Å². The highest BCUT2D eigenvalue weighted by atomic mass is 32.1. The third kappa shape index (κ3) is 4.80. The Morgan fingerprint density at radius 1 is 1.03 bits per heavy atom. The Balaban J connectivity index is 1.22. The van der Waals surface area contributed by atoms with Gasteiger partial charge in [0.1, 0.15) is 5.75 Å². The monoisotopic (exact) mass is 469 g/mol. The second-order valence-corrected chi connectivity index (χ2v) is 9.97. The van der Waals surface area contributed by atoms with Crippen molar-refractivity contribution < 1.29 is 23.4 Å². The number of ether oxygens (including phenoxy) is 1. The van der Waals surface area contributed by atoms with Gasteiger partial charge >= 0.3 is 5.97 Å². The summed E-state index contributed by atoms with van der Waals surface area (Å²) in [7, 11) is 0. The fourth-order valence-electron chi connectivity index (χ4n) is 4.30. The van der Waals surface area contributed by atoms with Crippen LogP contribution in [0.1, 0.15) is 40.8 Å². The SMILES string of the molecule is O=C(O)C1(Oc2ccc3c(c2)CCN(Cc2ccc(-c4ccc(C(F)F)cc4)s2)CC3)CC1. The zero-order valence-corrected chi connectivity index (χ0v) is 18.9. The molecule has 1 aliphatic carbocycles. The second-order valence-electron chi connectivity index (χ2n) is 8.80. The standard InChI is InChI=1S/C26H25F2NO3S/c27-24(28)19-3-1-18(2-4-19)23-8-7-22(33-23)16-29-13-9-17-5-6-21(15-20(17)10-14-29)32-26(11-12-26)25(30)31/h1-8,15,24H,9-14,16H2,(H,30,31). The lowest BCUT2D eigenvalue weighted by molar-refractivity contribution is -0.147. The Morgan fingerprint density at radius 3 is 2.42 bits per heavy atom. The quantitative estimate of drug-likeness (QED) is 0.465. The number of carboxylic acids is 1. The highest BCUT2D eigenvalue weighted by molar-refractivity contribution is 7.15. The van der Waals surface area contributed by atoms with E-state index in [1.54, 1.807) is 23.5 Å². The van der Waals surface area contributed by atoms with Crippen LogP contribution >= 0.6 is 11.3 Å². The van der Waals surface area contributed by atoms with Crippen LogP contribution in [0.5, 0.6) is 5.75 Å². The Morgan fingerprint density at radius 2 is 1.76 bits per heavy atom. The Bertz CT molecular complexity index is 1150. The van der Waals surface area contributed by atoms with Gasteiger partial charge in [-0.3, -0.25) is 4.90 Å². The molecule has 2 heterocycles. The Labute approximate surface area is 195 Å². The van der Waals surface area contributed by atoms with Crippen LogP contribution in [-0.2, 0) is 24.2 Å². The number of carboxylic acid groups (broad SMARTS) is 1. The molecule has 172 valence electrons. The molecular formula is C26H25F2NO3S.